The Morgan fingerprint density at radius 3 is 2.83 bits per heavy atom. The van der Waals surface area contributed by atoms with E-state index in [2.05, 4.69) is 10.1 Å². The van der Waals surface area contributed by atoms with E-state index in [1.54, 1.807) is 13.8 Å². The zero-order chi connectivity index (χ0) is 13.6. The minimum atomic E-state index is -2.50. The number of rotatable bonds is 7. The van der Waals surface area contributed by atoms with E-state index in [4.69, 9.17) is 9.47 Å². The molecule has 0 spiro atoms. The molecular weight excluding hydrogens is 248 g/mol. The third-order valence-corrected chi connectivity index (χ3v) is 2.31. The van der Waals surface area contributed by atoms with Crippen molar-refractivity contribution in [3.05, 3.63) is 0 Å². The average Bonchev–Trinajstić information content (AvgIpc) is 2.61. The quantitative estimate of drug-likeness (QED) is 0.697. The van der Waals surface area contributed by atoms with E-state index >= 15 is 0 Å². The van der Waals surface area contributed by atoms with Gasteiger partial charge in [-0.2, -0.15) is 0 Å². The standard InChI is InChI=1S/C11H19F2NO4/c1-11(2)17-6-8(18-11)5-14-10(15)3-4-16-7-9(12)13/h8-9H,3-7H2,1-2H3,(H,14,15). The molecule has 106 valence electrons. The summed E-state index contributed by atoms with van der Waals surface area (Å²) >= 11 is 0. The Morgan fingerprint density at radius 2 is 2.28 bits per heavy atom. The van der Waals surface area contributed by atoms with Crippen molar-refractivity contribution in [3.63, 3.8) is 0 Å². The number of alkyl halides is 2. The SMILES string of the molecule is CC1(C)OCC(CNC(=O)CCOCC(F)F)O1. The van der Waals surface area contributed by atoms with Crippen molar-refractivity contribution >= 4 is 5.91 Å². The van der Waals surface area contributed by atoms with Crippen LogP contribution in [0.4, 0.5) is 8.78 Å². The first-order valence-electron chi connectivity index (χ1n) is 5.83. The molecule has 1 fully saturated rings. The van der Waals surface area contributed by atoms with Gasteiger partial charge in [-0.05, 0) is 13.8 Å². The molecule has 0 bridgehead atoms. The van der Waals surface area contributed by atoms with Crippen LogP contribution in [0.1, 0.15) is 20.3 Å². The molecule has 0 aromatic carbocycles. The smallest absolute Gasteiger partial charge is 0.261 e. The van der Waals surface area contributed by atoms with Gasteiger partial charge < -0.3 is 19.5 Å². The third-order valence-electron chi connectivity index (χ3n) is 2.31. The van der Waals surface area contributed by atoms with Gasteiger partial charge >= 0.3 is 0 Å². The van der Waals surface area contributed by atoms with Gasteiger partial charge in [0.05, 0.1) is 13.2 Å². The number of amides is 1. The fraction of sp³-hybridized carbons (Fsp3) is 0.909. The molecule has 7 heteroatoms. The molecule has 0 aromatic rings. The third kappa shape index (κ3) is 6.23. The number of halogens is 2. The van der Waals surface area contributed by atoms with Gasteiger partial charge in [0.15, 0.2) is 5.79 Å². The van der Waals surface area contributed by atoms with Gasteiger partial charge in [0.25, 0.3) is 6.43 Å². The van der Waals surface area contributed by atoms with E-state index in [0.717, 1.165) is 0 Å². The van der Waals surface area contributed by atoms with Crippen LogP contribution in [0.2, 0.25) is 0 Å². The Balaban J connectivity index is 2.04. The highest BCUT2D eigenvalue weighted by atomic mass is 19.3. The molecule has 1 N–H and O–H groups in total. The summed E-state index contributed by atoms with van der Waals surface area (Å²) in [6.07, 6.45) is -2.62. The maximum atomic E-state index is 11.7. The van der Waals surface area contributed by atoms with E-state index < -0.39 is 18.8 Å². The molecule has 18 heavy (non-hydrogen) atoms. The van der Waals surface area contributed by atoms with Crippen LogP contribution in [0.15, 0.2) is 0 Å². The second-order valence-corrected chi connectivity index (χ2v) is 4.47. The second kappa shape index (κ2) is 6.96. The maximum Gasteiger partial charge on any atom is 0.261 e. The van der Waals surface area contributed by atoms with Crippen LogP contribution in [-0.4, -0.2) is 50.6 Å². The van der Waals surface area contributed by atoms with Gasteiger partial charge in [0.2, 0.25) is 5.91 Å². The Labute approximate surface area is 105 Å². The summed E-state index contributed by atoms with van der Waals surface area (Å²) in [6, 6.07) is 0. The number of ether oxygens (including phenoxy) is 3. The lowest BCUT2D eigenvalue weighted by molar-refractivity contribution is -0.139. The number of carbonyl (C=O) groups is 1. The van der Waals surface area contributed by atoms with Crippen molar-refractivity contribution in [1.82, 2.24) is 5.32 Å². The van der Waals surface area contributed by atoms with Crippen LogP contribution in [-0.2, 0) is 19.0 Å². The van der Waals surface area contributed by atoms with E-state index in [9.17, 15) is 13.6 Å². The van der Waals surface area contributed by atoms with Crippen molar-refractivity contribution in [1.29, 1.82) is 0 Å². The molecular formula is C11H19F2NO4. The molecule has 1 heterocycles. The molecule has 1 aliphatic heterocycles. The zero-order valence-corrected chi connectivity index (χ0v) is 10.6. The first-order chi connectivity index (χ1) is 8.39. The van der Waals surface area contributed by atoms with E-state index in [1.165, 1.54) is 0 Å². The summed E-state index contributed by atoms with van der Waals surface area (Å²) in [5.41, 5.74) is 0. The summed E-state index contributed by atoms with van der Waals surface area (Å²) in [4.78, 5) is 11.3. The number of carbonyl (C=O) groups excluding carboxylic acids is 1. The molecule has 0 aromatic heterocycles. The van der Waals surface area contributed by atoms with E-state index in [0.29, 0.717) is 13.2 Å². The Bertz CT molecular complexity index is 274. The Hall–Kier alpha value is -0.790. The Kier molecular flexibility index (Phi) is 5.90. The lowest BCUT2D eigenvalue weighted by atomic mass is 10.3. The van der Waals surface area contributed by atoms with Gasteiger partial charge in [-0.3, -0.25) is 4.79 Å². The van der Waals surface area contributed by atoms with Crippen LogP contribution in [0.3, 0.4) is 0 Å². The van der Waals surface area contributed by atoms with Crippen molar-refractivity contribution in [2.24, 2.45) is 0 Å². The highest BCUT2D eigenvalue weighted by Gasteiger charge is 2.32. The van der Waals surface area contributed by atoms with Crippen LogP contribution in [0.5, 0.6) is 0 Å². The first-order valence-corrected chi connectivity index (χ1v) is 5.83. The molecule has 0 saturated carbocycles. The molecule has 1 amide bonds. The largest absolute Gasteiger partial charge is 0.375 e. The molecule has 5 nitrogen and oxygen atoms in total. The van der Waals surface area contributed by atoms with E-state index in [-0.39, 0.29) is 25.0 Å². The summed E-state index contributed by atoms with van der Waals surface area (Å²) in [6.45, 7) is 3.72. The molecule has 1 aliphatic rings. The lowest BCUT2D eigenvalue weighted by Crippen LogP contribution is -2.34. The van der Waals surface area contributed by atoms with Gasteiger partial charge in [-0.15, -0.1) is 0 Å². The topological polar surface area (TPSA) is 56.8 Å². The highest BCUT2D eigenvalue weighted by Crippen LogP contribution is 2.21. The number of nitrogens with one attached hydrogen (secondary N) is 1. The number of hydrogen-bond acceptors (Lipinski definition) is 4. The number of hydrogen-bond donors (Lipinski definition) is 1. The summed E-state index contributed by atoms with van der Waals surface area (Å²) in [5, 5.41) is 2.64. The van der Waals surface area contributed by atoms with Crippen LogP contribution in [0, 0.1) is 0 Å². The van der Waals surface area contributed by atoms with Crippen molar-refractivity contribution in [2.45, 2.75) is 38.6 Å². The molecule has 0 radical (unpaired) electrons. The lowest BCUT2D eigenvalue weighted by Gasteiger charge is -2.17. The second-order valence-electron chi connectivity index (χ2n) is 4.47. The van der Waals surface area contributed by atoms with Crippen LogP contribution in [0.25, 0.3) is 0 Å². The summed E-state index contributed by atoms with van der Waals surface area (Å²) < 4.78 is 38.9. The fourth-order valence-electron chi connectivity index (χ4n) is 1.52. The molecule has 0 aliphatic carbocycles. The predicted octanol–water partition coefficient (Wildman–Crippen LogP) is 0.926. The monoisotopic (exact) mass is 267 g/mol. The summed E-state index contributed by atoms with van der Waals surface area (Å²) in [5.74, 6) is -0.868. The van der Waals surface area contributed by atoms with Crippen molar-refractivity contribution in [3.8, 4) is 0 Å². The minimum Gasteiger partial charge on any atom is -0.375 e. The molecule has 1 unspecified atom stereocenters. The average molecular weight is 267 g/mol. The Morgan fingerprint density at radius 1 is 1.56 bits per heavy atom. The van der Waals surface area contributed by atoms with Gasteiger partial charge in [0.1, 0.15) is 12.7 Å². The van der Waals surface area contributed by atoms with Crippen LogP contribution < -0.4 is 5.32 Å². The van der Waals surface area contributed by atoms with E-state index in [1.807, 2.05) is 0 Å². The minimum absolute atomic E-state index is 0.0102. The van der Waals surface area contributed by atoms with Gasteiger partial charge in [-0.25, -0.2) is 8.78 Å². The van der Waals surface area contributed by atoms with Crippen molar-refractivity contribution in [2.75, 3.05) is 26.4 Å². The van der Waals surface area contributed by atoms with Gasteiger partial charge in [0, 0.05) is 13.0 Å². The molecule has 1 saturated heterocycles. The highest BCUT2D eigenvalue weighted by molar-refractivity contribution is 5.75. The first kappa shape index (κ1) is 15.3. The van der Waals surface area contributed by atoms with Crippen molar-refractivity contribution < 1.29 is 27.8 Å². The molecule has 1 rings (SSSR count). The fourth-order valence-corrected chi connectivity index (χ4v) is 1.52. The summed E-state index contributed by atoms with van der Waals surface area (Å²) in [7, 11) is 0. The molecule has 1 atom stereocenters. The normalized spacial score (nSPS) is 22.4. The predicted molar refractivity (Wildman–Crippen MR) is 59.4 cm³/mol. The maximum absolute atomic E-state index is 11.7. The van der Waals surface area contributed by atoms with Gasteiger partial charge in [-0.1, -0.05) is 0 Å². The zero-order valence-electron chi connectivity index (χ0n) is 10.6. The van der Waals surface area contributed by atoms with Crippen LogP contribution >= 0.6 is 0 Å².